The van der Waals surface area contributed by atoms with Gasteiger partial charge in [-0.3, -0.25) is 4.79 Å². The zero-order chi connectivity index (χ0) is 19.0. The van der Waals surface area contributed by atoms with Gasteiger partial charge in [-0.05, 0) is 24.1 Å². The van der Waals surface area contributed by atoms with E-state index >= 15 is 0 Å². The average molecular weight is 376 g/mol. The Bertz CT molecular complexity index is 822. The lowest BCUT2D eigenvalue weighted by Gasteiger charge is -2.21. The first-order valence-corrected chi connectivity index (χ1v) is 10.0. The summed E-state index contributed by atoms with van der Waals surface area (Å²) < 4.78 is 31.9. The van der Waals surface area contributed by atoms with Crippen LogP contribution < -0.4 is 10.1 Å². The summed E-state index contributed by atoms with van der Waals surface area (Å²) in [5.41, 5.74) is 1.20. The van der Waals surface area contributed by atoms with Gasteiger partial charge >= 0.3 is 0 Å². The van der Waals surface area contributed by atoms with Crippen LogP contribution in [0.4, 0.5) is 5.69 Å². The predicted octanol–water partition coefficient (Wildman–Crippen LogP) is 2.88. The van der Waals surface area contributed by atoms with Gasteiger partial charge < -0.3 is 10.1 Å². The third-order valence-electron chi connectivity index (χ3n) is 3.76. The normalized spacial score (nSPS) is 11.3. The van der Waals surface area contributed by atoms with Crippen molar-refractivity contribution in [3.63, 3.8) is 0 Å². The first-order chi connectivity index (χ1) is 12.5. The summed E-state index contributed by atoms with van der Waals surface area (Å²) >= 11 is 0. The van der Waals surface area contributed by atoms with Crippen molar-refractivity contribution in [2.45, 2.75) is 19.1 Å². The Morgan fingerprint density at radius 3 is 2.38 bits per heavy atom. The molecule has 1 amide bonds. The average Bonchev–Trinajstić information content (AvgIpc) is 2.62. The van der Waals surface area contributed by atoms with Crippen LogP contribution in [0.3, 0.4) is 0 Å². The van der Waals surface area contributed by atoms with Gasteiger partial charge in [0.2, 0.25) is 15.9 Å². The highest BCUT2D eigenvalue weighted by Crippen LogP contribution is 2.23. The van der Waals surface area contributed by atoms with Crippen LogP contribution in [-0.4, -0.2) is 38.8 Å². The molecule has 0 spiro atoms. The van der Waals surface area contributed by atoms with Gasteiger partial charge in [-0.1, -0.05) is 49.4 Å². The zero-order valence-electron chi connectivity index (χ0n) is 15.0. The van der Waals surface area contributed by atoms with Gasteiger partial charge in [0.15, 0.2) is 0 Å². The number of hydrogen-bond donors (Lipinski definition) is 1. The predicted molar refractivity (Wildman–Crippen MR) is 103 cm³/mol. The van der Waals surface area contributed by atoms with Crippen LogP contribution >= 0.6 is 0 Å². The summed E-state index contributed by atoms with van der Waals surface area (Å²) in [5, 5.41) is 2.72. The number of rotatable bonds is 9. The molecule has 1 N–H and O–H groups in total. The van der Waals surface area contributed by atoms with E-state index in [4.69, 9.17) is 4.74 Å². The lowest BCUT2D eigenvalue weighted by molar-refractivity contribution is -0.116. The molecule has 0 heterocycles. The molecule has 0 radical (unpaired) electrons. The number of nitrogens with zero attached hydrogens (tertiary/aromatic N) is 1. The fourth-order valence-corrected chi connectivity index (χ4v) is 4.11. The molecule has 140 valence electrons. The molecule has 0 aromatic heterocycles. The summed E-state index contributed by atoms with van der Waals surface area (Å²) in [4.78, 5) is 12.4. The molecular weight excluding hydrogens is 352 g/mol. The molecule has 7 heteroatoms. The number of benzene rings is 2. The number of hydrogen-bond acceptors (Lipinski definition) is 4. The van der Waals surface area contributed by atoms with Crippen LogP contribution in [0, 0.1) is 0 Å². The number of anilines is 1. The molecule has 0 aliphatic rings. The van der Waals surface area contributed by atoms with Gasteiger partial charge in [0.1, 0.15) is 5.75 Å². The summed E-state index contributed by atoms with van der Waals surface area (Å²) in [7, 11) is -2.09. The zero-order valence-corrected chi connectivity index (χ0v) is 15.8. The van der Waals surface area contributed by atoms with Crippen LogP contribution in [0.1, 0.15) is 18.9 Å². The second-order valence-electron chi connectivity index (χ2n) is 5.82. The smallest absolute Gasteiger partial charge is 0.239 e. The van der Waals surface area contributed by atoms with Gasteiger partial charge in [0.25, 0.3) is 0 Å². The Morgan fingerprint density at radius 2 is 1.73 bits per heavy atom. The molecule has 26 heavy (non-hydrogen) atoms. The number of carbonyl (C=O) groups is 1. The maximum atomic E-state index is 12.7. The molecule has 2 aromatic carbocycles. The monoisotopic (exact) mass is 376 g/mol. The fourth-order valence-electron chi connectivity index (χ4n) is 2.54. The van der Waals surface area contributed by atoms with E-state index in [0.29, 0.717) is 23.4 Å². The highest BCUT2D eigenvalue weighted by Gasteiger charge is 2.24. The maximum Gasteiger partial charge on any atom is 0.239 e. The van der Waals surface area contributed by atoms with Crippen molar-refractivity contribution in [1.82, 2.24) is 4.31 Å². The SMILES string of the molecule is CCCN(CC(=O)Nc1ccccc1OC)S(=O)(=O)Cc1ccccc1. The van der Waals surface area contributed by atoms with Crippen molar-refractivity contribution in [1.29, 1.82) is 0 Å². The van der Waals surface area contributed by atoms with Gasteiger partial charge in [-0.2, -0.15) is 4.31 Å². The van der Waals surface area contributed by atoms with Gasteiger partial charge in [-0.15, -0.1) is 0 Å². The largest absolute Gasteiger partial charge is 0.495 e. The second-order valence-corrected chi connectivity index (χ2v) is 7.79. The third kappa shape index (κ3) is 5.57. The topological polar surface area (TPSA) is 75.7 Å². The molecule has 0 aliphatic carbocycles. The third-order valence-corrected chi connectivity index (χ3v) is 5.56. The molecule has 0 bridgehead atoms. The van der Waals surface area contributed by atoms with E-state index in [1.807, 2.05) is 13.0 Å². The van der Waals surface area contributed by atoms with Crippen molar-refractivity contribution in [2.24, 2.45) is 0 Å². The minimum Gasteiger partial charge on any atom is -0.495 e. The standard InChI is InChI=1S/C19H24N2O4S/c1-3-13-21(26(23,24)15-16-9-5-4-6-10-16)14-19(22)20-17-11-7-8-12-18(17)25-2/h4-12H,3,13-15H2,1-2H3,(H,20,22). The number of sulfonamides is 1. The fraction of sp³-hybridized carbons (Fsp3) is 0.316. The quantitative estimate of drug-likeness (QED) is 0.730. The van der Waals surface area contributed by atoms with E-state index in [-0.39, 0.29) is 18.8 Å². The Labute approximate surface area is 154 Å². The van der Waals surface area contributed by atoms with Crippen LogP contribution in [0.25, 0.3) is 0 Å². The number of methoxy groups -OCH3 is 1. The Morgan fingerprint density at radius 1 is 1.08 bits per heavy atom. The summed E-state index contributed by atoms with van der Waals surface area (Å²) in [5.74, 6) is -0.00917. The van der Waals surface area contributed by atoms with Crippen molar-refractivity contribution < 1.29 is 17.9 Å². The number of ether oxygens (including phenoxy) is 1. The van der Waals surface area contributed by atoms with Gasteiger partial charge in [0.05, 0.1) is 25.1 Å². The number of carbonyl (C=O) groups excluding carboxylic acids is 1. The maximum absolute atomic E-state index is 12.7. The van der Waals surface area contributed by atoms with E-state index in [0.717, 1.165) is 0 Å². The van der Waals surface area contributed by atoms with E-state index in [2.05, 4.69) is 5.32 Å². The molecule has 0 fully saturated rings. The van der Waals surface area contributed by atoms with Crippen LogP contribution in [0.5, 0.6) is 5.75 Å². The summed E-state index contributed by atoms with van der Waals surface area (Å²) in [6.45, 7) is 1.93. The van der Waals surface area contributed by atoms with Gasteiger partial charge in [-0.25, -0.2) is 8.42 Å². The molecule has 0 saturated carbocycles. The second kappa shape index (κ2) is 9.35. The Kier molecular flexibility index (Phi) is 7.17. The van der Waals surface area contributed by atoms with E-state index in [9.17, 15) is 13.2 Å². The van der Waals surface area contributed by atoms with E-state index < -0.39 is 15.9 Å². The van der Waals surface area contributed by atoms with Crippen LogP contribution in [0.15, 0.2) is 54.6 Å². The first kappa shape index (κ1) is 19.9. The molecule has 0 aliphatic heterocycles. The molecule has 2 rings (SSSR count). The van der Waals surface area contributed by atoms with Crippen molar-refractivity contribution in [3.8, 4) is 5.75 Å². The minimum atomic E-state index is -3.60. The van der Waals surface area contributed by atoms with Crippen LogP contribution in [-0.2, 0) is 20.6 Å². The van der Waals surface area contributed by atoms with Crippen molar-refractivity contribution in [2.75, 3.05) is 25.5 Å². The number of para-hydroxylation sites is 2. The lowest BCUT2D eigenvalue weighted by Crippen LogP contribution is -2.39. The highest BCUT2D eigenvalue weighted by molar-refractivity contribution is 7.88. The first-order valence-electron chi connectivity index (χ1n) is 8.41. The molecule has 6 nitrogen and oxygen atoms in total. The molecular formula is C19H24N2O4S. The number of nitrogens with one attached hydrogen (secondary N) is 1. The van der Waals surface area contributed by atoms with E-state index in [1.54, 1.807) is 48.5 Å². The number of amides is 1. The van der Waals surface area contributed by atoms with Gasteiger partial charge in [0, 0.05) is 6.54 Å². The van der Waals surface area contributed by atoms with Crippen LogP contribution in [0.2, 0.25) is 0 Å². The molecule has 0 unspecified atom stereocenters. The van der Waals surface area contributed by atoms with E-state index in [1.165, 1.54) is 11.4 Å². The van der Waals surface area contributed by atoms with Crippen molar-refractivity contribution in [3.05, 3.63) is 60.2 Å². The van der Waals surface area contributed by atoms with Crippen molar-refractivity contribution >= 4 is 21.6 Å². The summed E-state index contributed by atoms with van der Waals surface area (Å²) in [6.07, 6.45) is 0.621. The Hall–Kier alpha value is -2.38. The highest BCUT2D eigenvalue weighted by atomic mass is 32.2. The molecule has 2 aromatic rings. The minimum absolute atomic E-state index is 0.129. The lowest BCUT2D eigenvalue weighted by atomic mass is 10.2. The Balaban J connectivity index is 2.10. The molecule has 0 atom stereocenters. The molecule has 0 saturated heterocycles. The summed E-state index contributed by atoms with van der Waals surface area (Å²) in [6, 6.07) is 15.9.